The molecule has 1 aromatic carbocycles. The van der Waals surface area contributed by atoms with E-state index in [1.165, 1.54) is 0 Å². The molecule has 1 atom stereocenters. The molecule has 0 N–H and O–H groups in total. The highest BCUT2D eigenvalue weighted by Crippen LogP contribution is 2.29. The summed E-state index contributed by atoms with van der Waals surface area (Å²) in [7, 11) is 0. The largest absolute Gasteiger partial charge is 0.439 e. The van der Waals surface area contributed by atoms with Gasteiger partial charge in [0.25, 0.3) is 0 Å². The number of aryl methyl sites for hydroxylation is 2. The van der Waals surface area contributed by atoms with E-state index in [1.807, 2.05) is 49.1 Å². The highest BCUT2D eigenvalue weighted by atomic mass is 16.5. The van der Waals surface area contributed by atoms with Crippen molar-refractivity contribution >= 4 is 5.91 Å². The standard InChI is InChI=1S/C21H25N3O2/c1-14(2)21(25)24-11-7-9-17(13-24)20-22-16(4)12-19(23-20)26-18-10-6-5-8-15(18)3/h5-6,8,10,12,17H,1,7,9,11,13H2,2-4H3. The second kappa shape index (κ2) is 7.68. The maximum atomic E-state index is 12.2. The Morgan fingerprint density at radius 2 is 2.04 bits per heavy atom. The fourth-order valence-corrected chi connectivity index (χ4v) is 3.22. The van der Waals surface area contributed by atoms with Crippen LogP contribution in [0.15, 0.2) is 42.5 Å². The van der Waals surface area contributed by atoms with Gasteiger partial charge in [-0.15, -0.1) is 0 Å². The van der Waals surface area contributed by atoms with Crippen LogP contribution in [0.5, 0.6) is 11.6 Å². The number of hydrogen-bond acceptors (Lipinski definition) is 4. The second-order valence-electron chi connectivity index (χ2n) is 6.94. The minimum absolute atomic E-state index is 0.0127. The summed E-state index contributed by atoms with van der Waals surface area (Å²) >= 11 is 0. The van der Waals surface area contributed by atoms with Crippen LogP contribution < -0.4 is 4.74 Å². The van der Waals surface area contributed by atoms with Crippen molar-refractivity contribution in [2.45, 2.75) is 39.5 Å². The van der Waals surface area contributed by atoms with Crippen molar-refractivity contribution in [2.75, 3.05) is 13.1 Å². The van der Waals surface area contributed by atoms with Crippen LogP contribution in [-0.2, 0) is 4.79 Å². The van der Waals surface area contributed by atoms with Gasteiger partial charge in [0, 0.05) is 36.3 Å². The smallest absolute Gasteiger partial charge is 0.248 e. The van der Waals surface area contributed by atoms with Gasteiger partial charge in [-0.2, -0.15) is 4.98 Å². The average Bonchev–Trinajstić information content (AvgIpc) is 2.62. The van der Waals surface area contributed by atoms with Crippen molar-refractivity contribution in [3.8, 4) is 11.6 Å². The molecule has 0 saturated carbocycles. The molecule has 1 aromatic heterocycles. The summed E-state index contributed by atoms with van der Waals surface area (Å²) in [6, 6.07) is 9.70. The molecule has 0 spiro atoms. The van der Waals surface area contributed by atoms with Crippen molar-refractivity contribution in [3.63, 3.8) is 0 Å². The monoisotopic (exact) mass is 351 g/mol. The molecule has 1 amide bonds. The lowest BCUT2D eigenvalue weighted by Crippen LogP contribution is -2.39. The maximum Gasteiger partial charge on any atom is 0.248 e. The molecular formula is C21H25N3O2. The summed E-state index contributed by atoms with van der Waals surface area (Å²) in [5, 5.41) is 0. The first-order valence-corrected chi connectivity index (χ1v) is 8.98. The Balaban J connectivity index is 1.82. The Morgan fingerprint density at radius 3 is 2.77 bits per heavy atom. The number of hydrogen-bond donors (Lipinski definition) is 0. The van der Waals surface area contributed by atoms with Gasteiger partial charge in [-0.1, -0.05) is 24.8 Å². The third-order valence-electron chi connectivity index (χ3n) is 4.59. The molecule has 2 heterocycles. The lowest BCUT2D eigenvalue weighted by molar-refractivity contribution is -0.128. The Labute approximate surface area is 154 Å². The number of rotatable bonds is 4. The van der Waals surface area contributed by atoms with E-state index in [0.29, 0.717) is 18.0 Å². The zero-order chi connectivity index (χ0) is 18.7. The molecule has 5 heteroatoms. The Morgan fingerprint density at radius 1 is 1.27 bits per heavy atom. The average molecular weight is 351 g/mol. The van der Waals surface area contributed by atoms with Crippen molar-refractivity contribution < 1.29 is 9.53 Å². The number of carbonyl (C=O) groups is 1. The normalized spacial score (nSPS) is 17.0. The van der Waals surface area contributed by atoms with Crippen molar-refractivity contribution in [3.05, 3.63) is 59.6 Å². The topological polar surface area (TPSA) is 55.3 Å². The van der Waals surface area contributed by atoms with Crippen LogP contribution in [0.2, 0.25) is 0 Å². The van der Waals surface area contributed by atoms with Gasteiger partial charge >= 0.3 is 0 Å². The number of para-hydroxylation sites is 1. The van der Waals surface area contributed by atoms with Crippen LogP contribution in [0, 0.1) is 13.8 Å². The van der Waals surface area contributed by atoms with Crippen LogP contribution in [-0.4, -0.2) is 33.9 Å². The summed E-state index contributed by atoms with van der Waals surface area (Å²) in [6.07, 6.45) is 1.90. The first-order valence-electron chi connectivity index (χ1n) is 8.98. The number of nitrogens with zero attached hydrogens (tertiary/aromatic N) is 3. The van der Waals surface area contributed by atoms with E-state index >= 15 is 0 Å². The Hall–Kier alpha value is -2.69. The molecule has 0 aliphatic carbocycles. The van der Waals surface area contributed by atoms with Crippen LogP contribution in [0.25, 0.3) is 0 Å². The van der Waals surface area contributed by atoms with Gasteiger partial charge in [-0.3, -0.25) is 4.79 Å². The molecular weight excluding hydrogens is 326 g/mol. The summed E-state index contributed by atoms with van der Waals surface area (Å²) in [6.45, 7) is 10.9. The van der Waals surface area contributed by atoms with E-state index in [9.17, 15) is 4.79 Å². The quantitative estimate of drug-likeness (QED) is 0.776. The predicted octanol–water partition coefficient (Wildman–Crippen LogP) is 4.17. The molecule has 1 fully saturated rings. The minimum Gasteiger partial charge on any atom is -0.439 e. The second-order valence-corrected chi connectivity index (χ2v) is 6.94. The number of piperidine rings is 1. The third-order valence-corrected chi connectivity index (χ3v) is 4.59. The van der Waals surface area contributed by atoms with Crippen LogP contribution in [0.4, 0.5) is 0 Å². The zero-order valence-electron chi connectivity index (χ0n) is 15.7. The molecule has 1 aliphatic heterocycles. The number of carbonyl (C=O) groups excluding carboxylic acids is 1. The van der Waals surface area contributed by atoms with Crippen LogP contribution in [0.3, 0.4) is 0 Å². The Bertz CT molecular complexity index is 832. The van der Waals surface area contributed by atoms with E-state index in [2.05, 4.69) is 16.5 Å². The summed E-state index contributed by atoms with van der Waals surface area (Å²) in [4.78, 5) is 23.3. The first-order chi connectivity index (χ1) is 12.4. The SMILES string of the molecule is C=C(C)C(=O)N1CCCC(c2nc(C)cc(Oc3ccccc3C)n2)C1. The van der Waals surface area contributed by atoms with Gasteiger partial charge < -0.3 is 9.64 Å². The van der Waals surface area contributed by atoms with E-state index in [0.717, 1.165) is 42.2 Å². The van der Waals surface area contributed by atoms with Crippen molar-refractivity contribution in [1.29, 1.82) is 0 Å². The highest BCUT2D eigenvalue weighted by Gasteiger charge is 2.27. The van der Waals surface area contributed by atoms with Gasteiger partial charge in [-0.25, -0.2) is 4.98 Å². The van der Waals surface area contributed by atoms with Crippen molar-refractivity contribution in [1.82, 2.24) is 14.9 Å². The maximum absolute atomic E-state index is 12.2. The van der Waals surface area contributed by atoms with Gasteiger partial charge in [0.05, 0.1) is 0 Å². The fourth-order valence-electron chi connectivity index (χ4n) is 3.22. The van der Waals surface area contributed by atoms with E-state index in [4.69, 9.17) is 4.74 Å². The fraction of sp³-hybridized carbons (Fsp3) is 0.381. The Kier molecular flexibility index (Phi) is 5.35. The van der Waals surface area contributed by atoms with Crippen LogP contribution in [0.1, 0.15) is 42.8 Å². The predicted molar refractivity (Wildman–Crippen MR) is 101 cm³/mol. The van der Waals surface area contributed by atoms with Gasteiger partial charge in [0.1, 0.15) is 11.6 Å². The number of aromatic nitrogens is 2. The first kappa shape index (κ1) is 18.1. The molecule has 2 aromatic rings. The molecule has 3 rings (SSSR count). The number of ether oxygens (including phenoxy) is 1. The number of benzene rings is 1. The molecule has 0 bridgehead atoms. The lowest BCUT2D eigenvalue weighted by atomic mass is 9.96. The van der Waals surface area contributed by atoms with Gasteiger partial charge in [-0.05, 0) is 45.2 Å². The molecule has 136 valence electrons. The molecule has 0 radical (unpaired) electrons. The highest BCUT2D eigenvalue weighted by molar-refractivity contribution is 5.92. The summed E-state index contributed by atoms with van der Waals surface area (Å²) < 4.78 is 5.99. The molecule has 1 saturated heterocycles. The van der Waals surface area contributed by atoms with E-state index in [-0.39, 0.29) is 11.8 Å². The zero-order valence-corrected chi connectivity index (χ0v) is 15.7. The van der Waals surface area contributed by atoms with E-state index in [1.54, 1.807) is 6.92 Å². The molecule has 5 nitrogen and oxygen atoms in total. The molecule has 26 heavy (non-hydrogen) atoms. The van der Waals surface area contributed by atoms with Crippen molar-refractivity contribution in [2.24, 2.45) is 0 Å². The van der Waals surface area contributed by atoms with Crippen LogP contribution >= 0.6 is 0 Å². The van der Waals surface area contributed by atoms with Gasteiger partial charge in [0.15, 0.2) is 0 Å². The lowest BCUT2D eigenvalue weighted by Gasteiger charge is -2.32. The van der Waals surface area contributed by atoms with E-state index < -0.39 is 0 Å². The minimum atomic E-state index is 0.0127. The van der Waals surface area contributed by atoms with Gasteiger partial charge in [0.2, 0.25) is 11.8 Å². The number of likely N-dealkylation sites (tertiary alicyclic amines) is 1. The number of amides is 1. The summed E-state index contributed by atoms with van der Waals surface area (Å²) in [5.41, 5.74) is 2.49. The molecule has 1 aliphatic rings. The summed E-state index contributed by atoms with van der Waals surface area (Å²) in [5.74, 6) is 2.21. The third kappa shape index (κ3) is 4.10. The molecule has 1 unspecified atom stereocenters.